The first-order valence-electron chi connectivity index (χ1n) is 6.98. The van der Waals surface area contributed by atoms with E-state index < -0.39 is 9.84 Å². The lowest BCUT2D eigenvalue weighted by molar-refractivity contribution is 0.584. The molecule has 0 amide bonds. The molecule has 1 aromatic carbocycles. The maximum absolute atomic E-state index is 12.6. The molecule has 3 nitrogen and oxygen atoms in total. The second-order valence-electron chi connectivity index (χ2n) is 5.67. The number of hydrogen-bond acceptors (Lipinski definition) is 2. The predicted molar refractivity (Wildman–Crippen MR) is 78.7 cm³/mol. The van der Waals surface area contributed by atoms with E-state index in [0.29, 0.717) is 15.7 Å². The molecule has 0 saturated carbocycles. The Morgan fingerprint density at radius 2 is 2.00 bits per heavy atom. The topological polar surface area (TPSA) is 39.1 Å². The van der Waals surface area contributed by atoms with Crippen LogP contribution in [-0.2, 0) is 23.3 Å². The zero-order chi connectivity index (χ0) is 14.3. The van der Waals surface area contributed by atoms with Crippen LogP contribution in [0.2, 0.25) is 0 Å². The highest BCUT2D eigenvalue weighted by molar-refractivity contribution is 7.91. The fraction of sp³-hybridized carbons (Fsp3) is 0.375. The molecule has 20 heavy (non-hydrogen) atoms. The molecule has 0 saturated heterocycles. The lowest BCUT2D eigenvalue weighted by Gasteiger charge is -2.22. The van der Waals surface area contributed by atoms with Gasteiger partial charge in [0.05, 0.1) is 9.79 Å². The molecule has 0 aliphatic heterocycles. The van der Waals surface area contributed by atoms with Crippen molar-refractivity contribution in [1.29, 1.82) is 0 Å². The molecular formula is C16H19NO2S. The number of aryl methyl sites for hydroxylation is 2. The van der Waals surface area contributed by atoms with E-state index in [1.165, 1.54) is 17.5 Å². The summed E-state index contributed by atoms with van der Waals surface area (Å²) in [6.45, 7) is 2.21. The second kappa shape index (κ2) is 4.77. The first kappa shape index (κ1) is 13.4. The highest BCUT2D eigenvalue weighted by Gasteiger charge is 2.22. The van der Waals surface area contributed by atoms with Gasteiger partial charge in [-0.05, 0) is 54.5 Å². The molecular weight excluding hydrogens is 270 g/mol. The van der Waals surface area contributed by atoms with Gasteiger partial charge in [0.25, 0.3) is 0 Å². The average Bonchev–Trinajstić information content (AvgIpc) is 2.86. The first-order chi connectivity index (χ1) is 9.48. The molecule has 0 unspecified atom stereocenters. The van der Waals surface area contributed by atoms with Gasteiger partial charge in [0.1, 0.15) is 0 Å². The monoisotopic (exact) mass is 289 g/mol. The van der Waals surface area contributed by atoms with Crippen LogP contribution in [0.25, 0.3) is 0 Å². The number of rotatable bonds is 2. The van der Waals surface area contributed by atoms with E-state index >= 15 is 0 Å². The van der Waals surface area contributed by atoms with Crippen LogP contribution in [0.4, 0.5) is 0 Å². The van der Waals surface area contributed by atoms with E-state index in [-0.39, 0.29) is 0 Å². The molecule has 1 aliphatic carbocycles. The third-order valence-corrected chi connectivity index (χ3v) is 5.89. The molecule has 2 aromatic rings. The lowest BCUT2D eigenvalue weighted by Crippen LogP contribution is -2.09. The minimum Gasteiger partial charge on any atom is -0.356 e. The van der Waals surface area contributed by atoms with Crippen molar-refractivity contribution >= 4 is 9.84 Å². The number of benzene rings is 1. The van der Waals surface area contributed by atoms with Crippen molar-refractivity contribution in [3.05, 3.63) is 47.8 Å². The van der Waals surface area contributed by atoms with Crippen molar-refractivity contribution in [2.75, 3.05) is 0 Å². The summed E-state index contributed by atoms with van der Waals surface area (Å²) in [5, 5.41) is 0. The zero-order valence-corrected chi connectivity index (χ0v) is 12.7. The Labute approximate surface area is 120 Å². The van der Waals surface area contributed by atoms with Crippen molar-refractivity contribution < 1.29 is 8.42 Å². The van der Waals surface area contributed by atoms with Gasteiger partial charge in [0.15, 0.2) is 0 Å². The lowest BCUT2D eigenvalue weighted by atomic mass is 9.84. The zero-order valence-electron chi connectivity index (χ0n) is 11.8. The molecule has 0 radical (unpaired) electrons. The van der Waals surface area contributed by atoms with E-state index in [0.717, 1.165) is 12.8 Å². The summed E-state index contributed by atoms with van der Waals surface area (Å²) in [5.41, 5.74) is 2.50. The summed E-state index contributed by atoms with van der Waals surface area (Å²) in [6.07, 6.45) is 6.73. The summed E-state index contributed by atoms with van der Waals surface area (Å²) >= 11 is 0. The molecule has 0 spiro atoms. The smallest absolute Gasteiger partial charge is 0.208 e. The van der Waals surface area contributed by atoms with Crippen LogP contribution in [0.3, 0.4) is 0 Å². The highest BCUT2D eigenvalue weighted by atomic mass is 32.2. The molecule has 0 fully saturated rings. The Hall–Kier alpha value is -1.55. The van der Waals surface area contributed by atoms with Gasteiger partial charge in [-0.25, -0.2) is 8.42 Å². The van der Waals surface area contributed by atoms with Crippen LogP contribution < -0.4 is 0 Å². The number of nitrogens with zero attached hydrogens (tertiary/aromatic N) is 1. The molecule has 3 rings (SSSR count). The maximum atomic E-state index is 12.6. The van der Waals surface area contributed by atoms with E-state index in [4.69, 9.17) is 0 Å². The Balaban J connectivity index is 2.07. The minimum absolute atomic E-state index is 0.365. The van der Waals surface area contributed by atoms with Gasteiger partial charge in [0, 0.05) is 19.4 Å². The second-order valence-corrected chi connectivity index (χ2v) is 7.62. The van der Waals surface area contributed by atoms with Crippen LogP contribution in [0.5, 0.6) is 0 Å². The Bertz CT molecular complexity index is 744. The van der Waals surface area contributed by atoms with Crippen molar-refractivity contribution in [2.24, 2.45) is 7.05 Å². The third kappa shape index (κ3) is 2.18. The molecule has 1 aliphatic rings. The predicted octanol–water partition coefficient (Wildman–Crippen LogP) is 3.30. The summed E-state index contributed by atoms with van der Waals surface area (Å²) < 4.78 is 27.0. The average molecular weight is 289 g/mol. The standard InChI is InChI=1S/C16H19NO2S/c1-12-4-3-5-13-10-14(6-7-16(12)13)20(18,19)15-8-9-17(2)11-15/h6-12H,3-5H2,1-2H3/t12-/m1/s1. The van der Waals surface area contributed by atoms with E-state index in [1.807, 2.05) is 19.2 Å². The minimum atomic E-state index is -3.39. The third-order valence-electron chi connectivity index (χ3n) is 4.15. The first-order valence-corrected chi connectivity index (χ1v) is 8.46. The van der Waals surface area contributed by atoms with Gasteiger partial charge in [-0.1, -0.05) is 13.0 Å². The largest absolute Gasteiger partial charge is 0.356 e. The number of hydrogen-bond donors (Lipinski definition) is 0. The van der Waals surface area contributed by atoms with Crippen molar-refractivity contribution in [3.8, 4) is 0 Å². The maximum Gasteiger partial charge on any atom is 0.208 e. The van der Waals surface area contributed by atoms with Gasteiger partial charge in [-0.3, -0.25) is 0 Å². The molecule has 4 heteroatoms. The van der Waals surface area contributed by atoms with Gasteiger partial charge < -0.3 is 4.57 Å². The van der Waals surface area contributed by atoms with Gasteiger partial charge >= 0.3 is 0 Å². The summed E-state index contributed by atoms with van der Waals surface area (Å²) in [5.74, 6) is 0.534. The van der Waals surface area contributed by atoms with Gasteiger partial charge in [-0.2, -0.15) is 0 Å². The number of fused-ring (bicyclic) bond motifs is 1. The number of sulfone groups is 1. The molecule has 1 atom stereocenters. The van der Waals surface area contributed by atoms with E-state index in [1.54, 1.807) is 29.1 Å². The van der Waals surface area contributed by atoms with Crippen LogP contribution in [0, 0.1) is 0 Å². The molecule has 0 N–H and O–H groups in total. The van der Waals surface area contributed by atoms with E-state index in [2.05, 4.69) is 6.92 Å². The fourth-order valence-electron chi connectivity index (χ4n) is 2.97. The van der Waals surface area contributed by atoms with Crippen LogP contribution in [0.1, 0.15) is 36.8 Å². The number of aromatic nitrogens is 1. The molecule has 1 heterocycles. The Kier molecular flexibility index (Phi) is 3.21. The van der Waals surface area contributed by atoms with Crippen molar-refractivity contribution in [2.45, 2.75) is 41.9 Å². The van der Waals surface area contributed by atoms with Gasteiger partial charge in [-0.15, -0.1) is 0 Å². The van der Waals surface area contributed by atoms with Crippen molar-refractivity contribution in [3.63, 3.8) is 0 Å². The van der Waals surface area contributed by atoms with E-state index in [9.17, 15) is 8.42 Å². The molecule has 0 bridgehead atoms. The Morgan fingerprint density at radius 3 is 2.70 bits per heavy atom. The summed E-state index contributed by atoms with van der Waals surface area (Å²) in [6, 6.07) is 7.27. The quantitative estimate of drug-likeness (QED) is 0.851. The Morgan fingerprint density at radius 1 is 1.20 bits per heavy atom. The van der Waals surface area contributed by atoms with Crippen LogP contribution in [-0.4, -0.2) is 13.0 Å². The van der Waals surface area contributed by atoms with Gasteiger partial charge in [0.2, 0.25) is 9.84 Å². The van der Waals surface area contributed by atoms with Crippen LogP contribution >= 0.6 is 0 Å². The van der Waals surface area contributed by atoms with Crippen molar-refractivity contribution in [1.82, 2.24) is 4.57 Å². The highest BCUT2D eigenvalue weighted by Crippen LogP contribution is 2.33. The van der Waals surface area contributed by atoms with Crippen LogP contribution in [0.15, 0.2) is 46.5 Å². The summed E-state index contributed by atoms with van der Waals surface area (Å²) in [4.78, 5) is 0.778. The SMILES string of the molecule is C[C@@H]1CCCc2cc(S(=O)(=O)c3ccn(C)c3)ccc21. The fourth-order valence-corrected chi connectivity index (χ4v) is 4.34. The normalized spacial score (nSPS) is 18.8. The summed E-state index contributed by atoms with van der Waals surface area (Å²) in [7, 11) is -1.56. The molecule has 106 valence electrons. The molecule has 1 aromatic heterocycles.